The van der Waals surface area contributed by atoms with Gasteiger partial charge in [0, 0.05) is 30.2 Å². The van der Waals surface area contributed by atoms with Crippen LogP contribution in [0.3, 0.4) is 0 Å². The molecule has 0 spiro atoms. The molecular formula is C17H24Cl2N2OS. The van der Waals surface area contributed by atoms with Crippen molar-refractivity contribution >= 4 is 41.7 Å². The summed E-state index contributed by atoms with van der Waals surface area (Å²) in [6, 6.07) is 7.82. The standard InChI is InChI=1S/C17H23ClN2OS.ClH/c18-15-3-1-2-4-16(15)22-10-7-17(21)20-8-5-13-11-19-12-14(13)6-9-20;/h1-4,13-14,19H,5-12H2;1H/t13-,14+;. The maximum atomic E-state index is 12.4. The first-order valence-electron chi connectivity index (χ1n) is 8.10. The summed E-state index contributed by atoms with van der Waals surface area (Å²) in [7, 11) is 0. The molecule has 0 unspecified atom stereocenters. The molecule has 2 atom stereocenters. The van der Waals surface area contributed by atoms with Crippen LogP contribution in [0.15, 0.2) is 29.2 Å². The van der Waals surface area contributed by atoms with E-state index < -0.39 is 0 Å². The third kappa shape index (κ3) is 5.02. The normalized spacial score (nSPS) is 23.8. The summed E-state index contributed by atoms with van der Waals surface area (Å²) in [5.41, 5.74) is 0. The fourth-order valence-corrected chi connectivity index (χ4v) is 4.61. The molecule has 0 saturated carbocycles. The van der Waals surface area contributed by atoms with Crippen LogP contribution < -0.4 is 5.32 Å². The van der Waals surface area contributed by atoms with E-state index in [0.29, 0.717) is 12.3 Å². The lowest BCUT2D eigenvalue weighted by atomic mass is 9.92. The summed E-state index contributed by atoms with van der Waals surface area (Å²) in [6.07, 6.45) is 2.91. The van der Waals surface area contributed by atoms with Crippen LogP contribution in [0.4, 0.5) is 0 Å². The quantitative estimate of drug-likeness (QED) is 0.815. The van der Waals surface area contributed by atoms with Crippen molar-refractivity contribution in [3.8, 4) is 0 Å². The monoisotopic (exact) mass is 374 g/mol. The Morgan fingerprint density at radius 3 is 2.52 bits per heavy atom. The Labute approximate surface area is 153 Å². The van der Waals surface area contributed by atoms with Crippen molar-refractivity contribution in [2.75, 3.05) is 31.9 Å². The number of fused-ring (bicyclic) bond motifs is 1. The summed E-state index contributed by atoms with van der Waals surface area (Å²) in [5.74, 6) is 2.64. The minimum atomic E-state index is 0. The van der Waals surface area contributed by atoms with Crippen molar-refractivity contribution in [3.63, 3.8) is 0 Å². The molecular weight excluding hydrogens is 351 g/mol. The average Bonchev–Trinajstić information content (AvgIpc) is 2.87. The number of likely N-dealkylation sites (tertiary alicyclic amines) is 1. The molecule has 3 nitrogen and oxygen atoms in total. The zero-order valence-electron chi connectivity index (χ0n) is 13.2. The number of hydrogen-bond acceptors (Lipinski definition) is 3. The van der Waals surface area contributed by atoms with Crippen molar-refractivity contribution in [3.05, 3.63) is 29.3 Å². The summed E-state index contributed by atoms with van der Waals surface area (Å²) in [6.45, 7) is 4.13. The number of hydrogen-bond donors (Lipinski definition) is 1. The lowest BCUT2D eigenvalue weighted by molar-refractivity contribution is -0.130. The molecule has 2 aliphatic heterocycles. The van der Waals surface area contributed by atoms with E-state index in [-0.39, 0.29) is 12.4 Å². The molecule has 0 aliphatic carbocycles. The Hall–Kier alpha value is -0.420. The van der Waals surface area contributed by atoms with Gasteiger partial charge in [-0.1, -0.05) is 23.7 Å². The summed E-state index contributed by atoms with van der Waals surface area (Å²) < 4.78 is 0. The smallest absolute Gasteiger partial charge is 0.223 e. The molecule has 0 aromatic heterocycles. The highest BCUT2D eigenvalue weighted by atomic mass is 35.5. The minimum absolute atomic E-state index is 0. The molecule has 1 N–H and O–H groups in total. The second-order valence-electron chi connectivity index (χ2n) is 6.17. The lowest BCUT2D eigenvalue weighted by Crippen LogP contribution is -2.32. The number of amides is 1. The van der Waals surface area contributed by atoms with Crippen molar-refractivity contribution < 1.29 is 4.79 Å². The highest BCUT2D eigenvalue weighted by molar-refractivity contribution is 7.99. The van der Waals surface area contributed by atoms with Crippen LogP contribution in [-0.4, -0.2) is 42.7 Å². The van der Waals surface area contributed by atoms with Crippen LogP contribution in [0, 0.1) is 11.8 Å². The van der Waals surface area contributed by atoms with Crippen LogP contribution in [0.2, 0.25) is 5.02 Å². The van der Waals surface area contributed by atoms with Gasteiger partial charge in [0.25, 0.3) is 0 Å². The summed E-state index contributed by atoms with van der Waals surface area (Å²) in [5, 5.41) is 4.25. The third-order valence-corrected chi connectivity index (χ3v) is 6.30. The Kier molecular flexibility index (Phi) is 7.54. The average molecular weight is 375 g/mol. The van der Waals surface area contributed by atoms with Crippen molar-refractivity contribution in [2.24, 2.45) is 11.8 Å². The van der Waals surface area contributed by atoms with Gasteiger partial charge in [-0.2, -0.15) is 0 Å². The van der Waals surface area contributed by atoms with E-state index in [1.165, 1.54) is 0 Å². The molecule has 2 heterocycles. The maximum Gasteiger partial charge on any atom is 0.223 e. The maximum absolute atomic E-state index is 12.4. The number of carbonyl (C=O) groups excluding carboxylic acids is 1. The molecule has 1 amide bonds. The van der Waals surface area contributed by atoms with Crippen molar-refractivity contribution in [1.29, 1.82) is 0 Å². The molecule has 6 heteroatoms. The van der Waals surface area contributed by atoms with E-state index in [4.69, 9.17) is 11.6 Å². The van der Waals surface area contributed by atoms with Crippen LogP contribution in [-0.2, 0) is 4.79 Å². The fraction of sp³-hybridized carbons (Fsp3) is 0.588. The summed E-state index contributed by atoms with van der Waals surface area (Å²) in [4.78, 5) is 15.5. The number of halogens is 2. The van der Waals surface area contributed by atoms with Gasteiger partial charge in [0.2, 0.25) is 5.91 Å². The minimum Gasteiger partial charge on any atom is -0.343 e. The van der Waals surface area contributed by atoms with Gasteiger partial charge in [-0.05, 0) is 49.9 Å². The van der Waals surface area contributed by atoms with Crippen LogP contribution in [0.1, 0.15) is 19.3 Å². The van der Waals surface area contributed by atoms with Gasteiger partial charge in [-0.3, -0.25) is 4.79 Å². The number of benzene rings is 1. The first-order valence-corrected chi connectivity index (χ1v) is 9.46. The SMILES string of the molecule is Cl.O=C(CCSc1ccccc1Cl)N1CC[C@@H]2CNC[C@@H]2CC1. The van der Waals surface area contributed by atoms with Gasteiger partial charge < -0.3 is 10.2 Å². The van der Waals surface area contributed by atoms with E-state index in [2.05, 4.69) is 10.2 Å². The molecule has 2 saturated heterocycles. The van der Waals surface area contributed by atoms with Gasteiger partial charge >= 0.3 is 0 Å². The molecule has 1 aromatic rings. The second kappa shape index (κ2) is 9.16. The third-order valence-electron chi connectivity index (χ3n) is 4.78. The summed E-state index contributed by atoms with van der Waals surface area (Å²) >= 11 is 7.81. The predicted octanol–water partition coefficient (Wildman–Crippen LogP) is 3.70. The fourth-order valence-electron chi connectivity index (χ4n) is 3.44. The number of nitrogens with one attached hydrogen (secondary N) is 1. The van der Waals surface area contributed by atoms with E-state index in [9.17, 15) is 4.79 Å². The molecule has 2 fully saturated rings. The lowest BCUT2D eigenvalue weighted by Gasteiger charge is -2.21. The largest absolute Gasteiger partial charge is 0.343 e. The zero-order valence-corrected chi connectivity index (χ0v) is 15.6. The second-order valence-corrected chi connectivity index (χ2v) is 7.71. The molecule has 128 valence electrons. The van der Waals surface area contributed by atoms with E-state index in [1.54, 1.807) is 11.8 Å². The van der Waals surface area contributed by atoms with Gasteiger partial charge in [-0.15, -0.1) is 24.2 Å². The Morgan fingerprint density at radius 1 is 1.22 bits per heavy atom. The number of rotatable bonds is 4. The van der Waals surface area contributed by atoms with Crippen LogP contribution in [0.5, 0.6) is 0 Å². The molecule has 0 radical (unpaired) electrons. The molecule has 0 bridgehead atoms. The van der Waals surface area contributed by atoms with Crippen molar-refractivity contribution in [2.45, 2.75) is 24.2 Å². The Bertz CT molecular complexity index is 515. The van der Waals surface area contributed by atoms with Crippen molar-refractivity contribution in [1.82, 2.24) is 10.2 Å². The van der Waals surface area contributed by atoms with E-state index >= 15 is 0 Å². The zero-order chi connectivity index (χ0) is 15.4. The number of nitrogens with zero attached hydrogens (tertiary/aromatic N) is 1. The molecule has 1 aromatic carbocycles. The molecule has 2 aliphatic rings. The molecule has 3 rings (SSSR count). The van der Waals surface area contributed by atoms with Gasteiger partial charge in [0.15, 0.2) is 0 Å². The Balaban J connectivity index is 0.00000192. The Morgan fingerprint density at radius 2 is 1.87 bits per heavy atom. The van der Waals surface area contributed by atoms with Gasteiger partial charge in [0.1, 0.15) is 0 Å². The number of thioether (sulfide) groups is 1. The van der Waals surface area contributed by atoms with Crippen LogP contribution in [0.25, 0.3) is 0 Å². The number of carbonyl (C=O) groups is 1. The first-order chi connectivity index (χ1) is 10.7. The van der Waals surface area contributed by atoms with Gasteiger partial charge in [-0.25, -0.2) is 0 Å². The highest BCUT2D eigenvalue weighted by Gasteiger charge is 2.31. The highest BCUT2D eigenvalue weighted by Crippen LogP contribution is 2.29. The molecule has 23 heavy (non-hydrogen) atoms. The first kappa shape index (κ1) is 18.9. The topological polar surface area (TPSA) is 32.3 Å². The van der Waals surface area contributed by atoms with E-state index in [0.717, 1.165) is 66.5 Å². The van der Waals surface area contributed by atoms with Gasteiger partial charge in [0.05, 0.1) is 5.02 Å². The predicted molar refractivity (Wildman–Crippen MR) is 99.7 cm³/mol. The van der Waals surface area contributed by atoms with Crippen LogP contribution >= 0.6 is 35.8 Å². The van der Waals surface area contributed by atoms with E-state index in [1.807, 2.05) is 24.3 Å².